The van der Waals surface area contributed by atoms with Crippen molar-refractivity contribution in [2.75, 3.05) is 5.32 Å². The van der Waals surface area contributed by atoms with E-state index in [1.165, 1.54) is 12.1 Å². The molecule has 4 rings (SSSR count). The molecule has 0 aliphatic rings. The van der Waals surface area contributed by atoms with Gasteiger partial charge in [-0.3, -0.25) is 9.36 Å². The van der Waals surface area contributed by atoms with Crippen molar-refractivity contribution in [1.82, 2.24) is 9.55 Å². The van der Waals surface area contributed by atoms with Crippen LogP contribution in [0.4, 0.5) is 18.9 Å². The lowest BCUT2D eigenvalue weighted by Gasteiger charge is -2.12. The lowest BCUT2D eigenvalue weighted by atomic mass is 10.2. The number of nitrogens with one attached hydrogen (secondary N) is 1. The summed E-state index contributed by atoms with van der Waals surface area (Å²) in [5.41, 5.74) is 1.18. The van der Waals surface area contributed by atoms with Crippen LogP contribution in [0, 0.1) is 6.92 Å². The number of carbonyl (C=O) groups excluding carboxylic acids is 1. The monoisotopic (exact) mass is 523 g/mol. The van der Waals surface area contributed by atoms with Gasteiger partial charge in [0.2, 0.25) is 0 Å². The van der Waals surface area contributed by atoms with Crippen LogP contribution in [0.15, 0.2) is 66.7 Å². The number of aromatic nitrogens is 2. The average Bonchev–Trinajstić information content (AvgIpc) is 3.11. The zero-order valence-corrected chi connectivity index (χ0v) is 19.7. The molecule has 34 heavy (non-hydrogen) atoms. The molecule has 1 amide bonds. The van der Waals surface area contributed by atoms with Gasteiger partial charge in [0.15, 0.2) is 5.69 Å². The van der Waals surface area contributed by atoms with Gasteiger partial charge >= 0.3 is 6.18 Å². The van der Waals surface area contributed by atoms with Crippen molar-refractivity contribution in [1.29, 1.82) is 0 Å². The van der Waals surface area contributed by atoms with E-state index in [4.69, 9.17) is 34.8 Å². The molecule has 4 aromatic rings. The van der Waals surface area contributed by atoms with E-state index in [2.05, 4.69) is 10.3 Å². The third kappa shape index (κ3) is 4.92. The number of benzene rings is 3. The number of carbonyl (C=O) groups is 1. The molecule has 174 valence electrons. The van der Waals surface area contributed by atoms with Crippen LogP contribution >= 0.6 is 34.8 Å². The van der Waals surface area contributed by atoms with Crippen molar-refractivity contribution in [2.45, 2.75) is 13.1 Å². The zero-order chi connectivity index (χ0) is 24.6. The number of hydrogen-bond acceptors (Lipinski definition) is 2. The first-order valence-corrected chi connectivity index (χ1v) is 11.0. The van der Waals surface area contributed by atoms with Crippen LogP contribution in [0.3, 0.4) is 0 Å². The summed E-state index contributed by atoms with van der Waals surface area (Å²) in [4.78, 5) is 17.6. The first-order chi connectivity index (χ1) is 16.0. The molecule has 10 heteroatoms. The van der Waals surface area contributed by atoms with Gasteiger partial charge in [0, 0.05) is 27.0 Å². The number of halogens is 6. The van der Waals surface area contributed by atoms with Crippen LogP contribution in [0.25, 0.3) is 17.1 Å². The molecule has 3 aromatic carbocycles. The standard InChI is InChI=1S/C24H15Cl3F3N3O/c1-13-21(23(34)31-17-7-2-14(3-8-17)24(28,29)30)32-22(19-11-6-16(26)12-20(19)27)33(13)18-9-4-15(25)5-10-18/h2-12H,1H3,(H,31,34). The maximum absolute atomic E-state index is 13.1. The number of anilines is 1. The van der Waals surface area contributed by atoms with Gasteiger partial charge in [-0.1, -0.05) is 34.8 Å². The molecule has 0 radical (unpaired) electrons. The van der Waals surface area contributed by atoms with Gasteiger partial charge in [0.05, 0.1) is 16.3 Å². The number of imidazole rings is 1. The van der Waals surface area contributed by atoms with Crippen LogP contribution in [0.2, 0.25) is 15.1 Å². The maximum Gasteiger partial charge on any atom is 0.416 e. The average molecular weight is 525 g/mol. The molecule has 0 unspecified atom stereocenters. The van der Waals surface area contributed by atoms with Crippen LogP contribution in [0.5, 0.6) is 0 Å². The fourth-order valence-corrected chi connectivity index (χ4v) is 4.03. The summed E-state index contributed by atoms with van der Waals surface area (Å²) in [6.07, 6.45) is -4.47. The van der Waals surface area contributed by atoms with Gasteiger partial charge in [-0.05, 0) is 73.7 Å². The summed E-state index contributed by atoms with van der Waals surface area (Å²) in [5, 5.41) is 3.91. The van der Waals surface area contributed by atoms with E-state index in [-0.39, 0.29) is 11.4 Å². The quantitative estimate of drug-likeness (QED) is 0.293. The van der Waals surface area contributed by atoms with Gasteiger partial charge in [-0.15, -0.1) is 0 Å². The topological polar surface area (TPSA) is 46.9 Å². The molecule has 0 bridgehead atoms. The highest BCUT2D eigenvalue weighted by atomic mass is 35.5. The largest absolute Gasteiger partial charge is 0.416 e. The van der Waals surface area contributed by atoms with Crippen LogP contribution in [0.1, 0.15) is 21.7 Å². The molecule has 0 spiro atoms. The van der Waals surface area contributed by atoms with E-state index in [1.54, 1.807) is 54.0 Å². The van der Waals surface area contributed by atoms with E-state index in [1.807, 2.05) is 0 Å². The van der Waals surface area contributed by atoms with Crippen molar-refractivity contribution >= 4 is 46.4 Å². The van der Waals surface area contributed by atoms with Crippen molar-refractivity contribution in [3.63, 3.8) is 0 Å². The smallest absolute Gasteiger partial charge is 0.321 e. The predicted molar refractivity (Wildman–Crippen MR) is 128 cm³/mol. The lowest BCUT2D eigenvalue weighted by molar-refractivity contribution is -0.137. The zero-order valence-electron chi connectivity index (χ0n) is 17.4. The Bertz CT molecular complexity index is 1370. The molecule has 1 heterocycles. The van der Waals surface area contributed by atoms with Crippen molar-refractivity contribution in [2.24, 2.45) is 0 Å². The van der Waals surface area contributed by atoms with Gasteiger partial charge in [0.25, 0.3) is 5.91 Å². The van der Waals surface area contributed by atoms with Crippen molar-refractivity contribution in [3.05, 3.63) is 98.7 Å². The minimum Gasteiger partial charge on any atom is -0.321 e. The predicted octanol–water partition coefficient (Wildman–Crippen LogP) is 8.08. The number of rotatable bonds is 4. The highest BCUT2D eigenvalue weighted by molar-refractivity contribution is 6.36. The first kappa shape index (κ1) is 24.1. The fraction of sp³-hybridized carbons (Fsp3) is 0.0833. The second-order valence-corrected chi connectivity index (χ2v) is 8.61. The summed E-state index contributed by atoms with van der Waals surface area (Å²) in [7, 11) is 0. The maximum atomic E-state index is 13.1. The second-order valence-electron chi connectivity index (χ2n) is 7.33. The normalized spacial score (nSPS) is 11.5. The Labute approximate surface area is 207 Å². The van der Waals surface area contributed by atoms with E-state index in [9.17, 15) is 18.0 Å². The Morgan fingerprint density at radius 2 is 1.53 bits per heavy atom. The minimum atomic E-state index is -4.47. The van der Waals surface area contributed by atoms with Gasteiger partial charge in [-0.25, -0.2) is 4.98 Å². The summed E-state index contributed by atoms with van der Waals surface area (Å²) < 4.78 is 40.2. The Hall–Kier alpha value is -3.00. The van der Waals surface area contributed by atoms with Gasteiger partial charge < -0.3 is 5.32 Å². The summed E-state index contributed by atoms with van der Waals surface area (Å²) >= 11 is 18.5. The van der Waals surface area contributed by atoms with E-state index in [0.717, 1.165) is 12.1 Å². The van der Waals surface area contributed by atoms with Gasteiger partial charge in [-0.2, -0.15) is 13.2 Å². The van der Waals surface area contributed by atoms with Crippen LogP contribution in [-0.2, 0) is 6.18 Å². The Balaban J connectivity index is 1.77. The molecule has 0 aliphatic heterocycles. The molecule has 1 N–H and O–H groups in total. The van der Waals surface area contributed by atoms with E-state index in [0.29, 0.717) is 37.8 Å². The summed E-state index contributed by atoms with van der Waals surface area (Å²) in [6, 6.07) is 16.0. The molecule has 0 saturated heterocycles. The Morgan fingerprint density at radius 1 is 0.912 bits per heavy atom. The van der Waals surface area contributed by atoms with Crippen LogP contribution < -0.4 is 5.32 Å². The molecule has 4 nitrogen and oxygen atoms in total. The van der Waals surface area contributed by atoms with Crippen LogP contribution in [-0.4, -0.2) is 15.5 Å². The number of alkyl halides is 3. The fourth-order valence-electron chi connectivity index (χ4n) is 3.41. The molecule has 0 saturated carbocycles. The molecule has 0 atom stereocenters. The van der Waals surface area contributed by atoms with Crippen molar-refractivity contribution < 1.29 is 18.0 Å². The first-order valence-electron chi connectivity index (χ1n) is 9.84. The molecule has 1 aromatic heterocycles. The lowest BCUT2D eigenvalue weighted by Crippen LogP contribution is -2.14. The Morgan fingerprint density at radius 3 is 2.12 bits per heavy atom. The minimum absolute atomic E-state index is 0.0795. The highest BCUT2D eigenvalue weighted by Gasteiger charge is 2.30. The highest BCUT2D eigenvalue weighted by Crippen LogP contribution is 2.34. The third-order valence-electron chi connectivity index (χ3n) is 5.05. The van der Waals surface area contributed by atoms with E-state index >= 15 is 0 Å². The number of amides is 1. The van der Waals surface area contributed by atoms with Crippen molar-refractivity contribution in [3.8, 4) is 17.1 Å². The number of hydrogen-bond donors (Lipinski definition) is 1. The SMILES string of the molecule is Cc1c(C(=O)Nc2ccc(C(F)(F)F)cc2)nc(-c2ccc(Cl)cc2Cl)n1-c1ccc(Cl)cc1. The summed E-state index contributed by atoms with van der Waals surface area (Å²) in [5.74, 6) is -0.199. The number of nitrogens with zero attached hydrogens (tertiary/aromatic N) is 2. The molecule has 0 fully saturated rings. The van der Waals surface area contributed by atoms with Gasteiger partial charge in [0.1, 0.15) is 5.82 Å². The second kappa shape index (κ2) is 9.33. The molecular formula is C24H15Cl3F3N3O. The molecule has 0 aliphatic carbocycles. The third-order valence-corrected chi connectivity index (χ3v) is 5.85. The Kier molecular flexibility index (Phi) is 6.62. The van der Waals surface area contributed by atoms with E-state index < -0.39 is 17.6 Å². The molecular weight excluding hydrogens is 510 g/mol. The summed E-state index contributed by atoms with van der Waals surface area (Å²) in [6.45, 7) is 1.70.